The number of carbonyl (C=O) groups excluding carboxylic acids is 1. The van der Waals surface area contributed by atoms with Crippen LogP contribution >= 0.6 is 0 Å². The van der Waals surface area contributed by atoms with Crippen LogP contribution in [0.4, 0.5) is 9.18 Å². The van der Waals surface area contributed by atoms with Gasteiger partial charge in [0.2, 0.25) is 0 Å². The summed E-state index contributed by atoms with van der Waals surface area (Å²) >= 11 is 0. The zero-order valence-corrected chi connectivity index (χ0v) is 11.0. The van der Waals surface area contributed by atoms with E-state index < -0.39 is 17.5 Å². The Morgan fingerprint density at radius 3 is 2.61 bits per heavy atom. The van der Waals surface area contributed by atoms with Gasteiger partial charge < -0.3 is 14.8 Å². The van der Waals surface area contributed by atoms with Crippen LogP contribution < -0.4 is 10.1 Å². The van der Waals surface area contributed by atoms with Gasteiger partial charge in [0, 0.05) is 6.54 Å². The second kappa shape index (κ2) is 5.71. The lowest BCUT2D eigenvalue weighted by atomic mass is 10.2. The zero-order chi connectivity index (χ0) is 13.8. The molecular formula is C13H18FNO3. The van der Waals surface area contributed by atoms with E-state index in [-0.39, 0.29) is 12.3 Å². The molecule has 18 heavy (non-hydrogen) atoms. The fraction of sp³-hybridized carbons (Fsp3) is 0.462. The molecule has 5 heteroatoms. The number of rotatable bonds is 3. The molecule has 0 saturated heterocycles. The number of halogens is 1. The Morgan fingerprint density at radius 2 is 2.06 bits per heavy atom. The minimum Gasteiger partial charge on any atom is -0.494 e. The molecule has 0 bridgehead atoms. The largest absolute Gasteiger partial charge is 0.494 e. The molecule has 0 fully saturated rings. The average molecular weight is 255 g/mol. The first-order valence-electron chi connectivity index (χ1n) is 5.61. The molecule has 0 saturated carbocycles. The van der Waals surface area contributed by atoms with E-state index in [0.717, 1.165) is 5.56 Å². The van der Waals surface area contributed by atoms with Gasteiger partial charge in [-0.05, 0) is 38.5 Å². The number of benzene rings is 1. The molecule has 100 valence electrons. The molecule has 1 rings (SSSR count). The Morgan fingerprint density at radius 1 is 1.39 bits per heavy atom. The van der Waals surface area contributed by atoms with Crippen molar-refractivity contribution in [3.63, 3.8) is 0 Å². The standard InChI is InChI=1S/C13H18FNO3/c1-13(2,3)18-12(16)15-8-9-5-6-10(14)11(7-9)17-4/h5-7H,8H2,1-4H3,(H,15,16). The van der Waals surface area contributed by atoms with Crippen LogP contribution in [0.3, 0.4) is 0 Å². The highest BCUT2D eigenvalue weighted by atomic mass is 19.1. The highest BCUT2D eigenvalue weighted by molar-refractivity contribution is 5.67. The molecule has 1 N–H and O–H groups in total. The SMILES string of the molecule is COc1cc(CNC(=O)OC(C)(C)C)ccc1F. The van der Waals surface area contributed by atoms with E-state index in [1.54, 1.807) is 26.8 Å². The van der Waals surface area contributed by atoms with Crippen molar-refractivity contribution in [1.29, 1.82) is 0 Å². The van der Waals surface area contributed by atoms with Gasteiger partial charge in [0.05, 0.1) is 7.11 Å². The fourth-order valence-electron chi connectivity index (χ4n) is 1.30. The molecule has 1 aromatic rings. The van der Waals surface area contributed by atoms with Gasteiger partial charge in [-0.2, -0.15) is 0 Å². The van der Waals surface area contributed by atoms with Crippen molar-refractivity contribution in [2.24, 2.45) is 0 Å². The molecule has 0 aliphatic rings. The number of amides is 1. The highest BCUT2D eigenvalue weighted by Crippen LogP contribution is 2.18. The minimum atomic E-state index is -0.537. The van der Waals surface area contributed by atoms with Crippen LogP contribution in [0, 0.1) is 5.82 Å². The van der Waals surface area contributed by atoms with Crippen LogP contribution in [-0.2, 0) is 11.3 Å². The van der Waals surface area contributed by atoms with E-state index in [1.165, 1.54) is 19.2 Å². The summed E-state index contributed by atoms with van der Waals surface area (Å²) in [7, 11) is 1.39. The molecule has 4 nitrogen and oxygen atoms in total. The molecule has 1 amide bonds. The maximum atomic E-state index is 13.2. The van der Waals surface area contributed by atoms with Crippen LogP contribution in [0.1, 0.15) is 26.3 Å². The molecule has 1 aromatic carbocycles. The first kappa shape index (κ1) is 14.3. The second-order valence-corrected chi connectivity index (χ2v) is 4.82. The Kier molecular flexibility index (Phi) is 4.53. The van der Waals surface area contributed by atoms with E-state index >= 15 is 0 Å². The van der Waals surface area contributed by atoms with Crippen LogP contribution in [0.25, 0.3) is 0 Å². The molecule has 0 atom stereocenters. The quantitative estimate of drug-likeness (QED) is 0.903. The van der Waals surface area contributed by atoms with Gasteiger partial charge in [0.25, 0.3) is 0 Å². The monoisotopic (exact) mass is 255 g/mol. The number of hydrogen-bond acceptors (Lipinski definition) is 3. The number of ether oxygens (including phenoxy) is 2. The summed E-state index contributed by atoms with van der Waals surface area (Å²) in [4.78, 5) is 11.4. The number of alkyl carbamates (subject to hydrolysis) is 1. The van der Waals surface area contributed by atoms with E-state index in [9.17, 15) is 9.18 Å². The van der Waals surface area contributed by atoms with Crippen LogP contribution in [-0.4, -0.2) is 18.8 Å². The Bertz CT molecular complexity index is 427. The average Bonchev–Trinajstić information content (AvgIpc) is 2.25. The van der Waals surface area contributed by atoms with E-state index in [2.05, 4.69) is 5.32 Å². The number of hydrogen-bond donors (Lipinski definition) is 1. The topological polar surface area (TPSA) is 47.6 Å². The fourth-order valence-corrected chi connectivity index (χ4v) is 1.30. The third kappa shape index (κ3) is 4.61. The summed E-state index contributed by atoms with van der Waals surface area (Å²) < 4.78 is 23.1. The van der Waals surface area contributed by atoms with Crippen molar-refractivity contribution in [3.05, 3.63) is 29.6 Å². The molecule has 0 radical (unpaired) electrons. The molecular weight excluding hydrogens is 237 g/mol. The van der Waals surface area contributed by atoms with Crippen molar-refractivity contribution in [2.45, 2.75) is 32.9 Å². The lowest BCUT2D eigenvalue weighted by molar-refractivity contribution is 0.0523. The van der Waals surface area contributed by atoms with Gasteiger partial charge >= 0.3 is 6.09 Å². The summed E-state index contributed by atoms with van der Waals surface area (Å²) in [5, 5.41) is 2.59. The van der Waals surface area contributed by atoms with E-state index in [0.29, 0.717) is 0 Å². The third-order valence-electron chi connectivity index (χ3n) is 2.05. The van der Waals surface area contributed by atoms with Crippen molar-refractivity contribution in [2.75, 3.05) is 7.11 Å². The van der Waals surface area contributed by atoms with E-state index in [4.69, 9.17) is 9.47 Å². The predicted molar refractivity (Wildman–Crippen MR) is 66.0 cm³/mol. The smallest absolute Gasteiger partial charge is 0.407 e. The van der Waals surface area contributed by atoms with Crippen molar-refractivity contribution < 1.29 is 18.7 Å². The lowest BCUT2D eigenvalue weighted by Gasteiger charge is -2.19. The normalized spacial score (nSPS) is 10.9. The summed E-state index contributed by atoms with van der Waals surface area (Å²) in [6.07, 6.45) is -0.509. The number of nitrogens with one attached hydrogen (secondary N) is 1. The minimum absolute atomic E-state index is 0.151. The van der Waals surface area contributed by atoms with Crippen LogP contribution in [0.2, 0.25) is 0 Å². The van der Waals surface area contributed by atoms with Gasteiger partial charge in [-0.3, -0.25) is 0 Å². The van der Waals surface area contributed by atoms with E-state index in [1.807, 2.05) is 0 Å². The summed E-state index contributed by atoms with van der Waals surface area (Å²) in [6, 6.07) is 4.41. The third-order valence-corrected chi connectivity index (χ3v) is 2.05. The second-order valence-electron chi connectivity index (χ2n) is 4.82. The zero-order valence-electron chi connectivity index (χ0n) is 11.0. The van der Waals surface area contributed by atoms with Gasteiger partial charge in [0.15, 0.2) is 11.6 Å². The Labute approximate surface area is 106 Å². The maximum absolute atomic E-state index is 13.2. The van der Waals surface area contributed by atoms with Crippen LogP contribution in [0.15, 0.2) is 18.2 Å². The summed E-state index contributed by atoms with van der Waals surface area (Å²) in [5.74, 6) is -0.281. The Balaban J connectivity index is 2.56. The summed E-state index contributed by atoms with van der Waals surface area (Å²) in [6.45, 7) is 5.61. The predicted octanol–water partition coefficient (Wildman–Crippen LogP) is 2.86. The number of carbonyl (C=O) groups is 1. The summed E-state index contributed by atoms with van der Waals surface area (Å²) in [5.41, 5.74) is 0.198. The first-order chi connectivity index (χ1) is 8.31. The number of methoxy groups -OCH3 is 1. The molecule has 0 unspecified atom stereocenters. The highest BCUT2D eigenvalue weighted by Gasteiger charge is 2.15. The lowest BCUT2D eigenvalue weighted by Crippen LogP contribution is -2.32. The first-order valence-corrected chi connectivity index (χ1v) is 5.61. The molecule has 0 heterocycles. The van der Waals surface area contributed by atoms with Crippen molar-refractivity contribution in [1.82, 2.24) is 5.32 Å². The van der Waals surface area contributed by atoms with Crippen molar-refractivity contribution >= 4 is 6.09 Å². The van der Waals surface area contributed by atoms with Gasteiger partial charge in [-0.1, -0.05) is 6.07 Å². The molecule has 0 spiro atoms. The van der Waals surface area contributed by atoms with Gasteiger partial charge in [0.1, 0.15) is 5.60 Å². The maximum Gasteiger partial charge on any atom is 0.407 e. The van der Waals surface area contributed by atoms with Crippen molar-refractivity contribution in [3.8, 4) is 5.75 Å². The van der Waals surface area contributed by atoms with Crippen LogP contribution in [0.5, 0.6) is 5.75 Å². The molecule has 0 aliphatic heterocycles. The molecule has 0 aliphatic carbocycles. The Hall–Kier alpha value is -1.78. The molecule has 0 aromatic heterocycles. The van der Waals surface area contributed by atoms with Gasteiger partial charge in [-0.15, -0.1) is 0 Å². The van der Waals surface area contributed by atoms with Gasteiger partial charge in [-0.25, -0.2) is 9.18 Å².